The van der Waals surface area contributed by atoms with Gasteiger partial charge in [0.05, 0.1) is 13.2 Å². The molecule has 1 fully saturated rings. The van der Waals surface area contributed by atoms with Crippen molar-refractivity contribution in [1.29, 1.82) is 0 Å². The molecule has 27 heavy (non-hydrogen) atoms. The number of nitrogens with one attached hydrogen (secondary N) is 1. The number of ether oxygens (including phenoxy) is 1. The lowest BCUT2D eigenvalue weighted by Gasteiger charge is -2.24. The normalized spacial score (nSPS) is 17.3. The summed E-state index contributed by atoms with van der Waals surface area (Å²) in [6.45, 7) is 6.10. The van der Waals surface area contributed by atoms with Gasteiger partial charge in [-0.25, -0.2) is 0 Å². The van der Waals surface area contributed by atoms with Crippen molar-refractivity contribution >= 4 is 17.6 Å². The zero-order valence-electron chi connectivity index (χ0n) is 15.8. The van der Waals surface area contributed by atoms with Crippen LogP contribution in [-0.4, -0.2) is 60.9 Å². The maximum Gasteiger partial charge on any atom is 0.228 e. The van der Waals surface area contributed by atoms with Gasteiger partial charge >= 0.3 is 0 Å². The number of nitrogens with zero attached hydrogens (tertiary/aromatic N) is 4. The zero-order valence-corrected chi connectivity index (χ0v) is 16.6. The average Bonchev–Trinajstić information content (AvgIpc) is 3.34. The van der Waals surface area contributed by atoms with E-state index in [1.165, 1.54) is 0 Å². The van der Waals surface area contributed by atoms with Crippen molar-refractivity contribution < 1.29 is 9.26 Å². The van der Waals surface area contributed by atoms with Crippen LogP contribution >= 0.6 is 11.6 Å². The minimum atomic E-state index is 0.566. The molecule has 0 saturated carbocycles. The van der Waals surface area contributed by atoms with Crippen molar-refractivity contribution in [1.82, 2.24) is 20.4 Å². The van der Waals surface area contributed by atoms with Crippen LogP contribution in [0.2, 0.25) is 5.02 Å². The molecule has 0 aliphatic carbocycles. The summed E-state index contributed by atoms with van der Waals surface area (Å²) in [6.07, 6.45) is 1.70. The second kappa shape index (κ2) is 9.71. The van der Waals surface area contributed by atoms with Gasteiger partial charge in [0, 0.05) is 49.7 Å². The third-order valence-electron chi connectivity index (χ3n) is 4.41. The number of benzene rings is 1. The van der Waals surface area contributed by atoms with Gasteiger partial charge in [0.1, 0.15) is 0 Å². The van der Waals surface area contributed by atoms with Crippen LogP contribution in [-0.2, 0) is 11.2 Å². The van der Waals surface area contributed by atoms with E-state index in [4.69, 9.17) is 20.9 Å². The van der Waals surface area contributed by atoms with Crippen LogP contribution in [0.5, 0.6) is 0 Å². The van der Waals surface area contributed by atoms with Crippen molar-refractivity contribution in [2.75, 3.05) is 39.9 Å². The van der Waals surface area contributed by atoms with Gasteiger partial charge in [-0.05, 0) is 37.6 Å². The lowest BCUT2D eigenvalue weighted by molar-refractivity contribution is 0.181. The van der Waals surface area contributed by atoms with Crippen LogP contribution in [0.4, 0.5) is 0 Å². The van der Waals surface area contributed by atoms with E-state index in [0.29, 0.717) is 35.6 Å². The molecule has 0 spiro atoms. The van der Waals surface area contributed by atoms with Crippen molar-refractivity contribution in [3.05, 3.63) is 35.2 Å². The predicted octanol–water partition coefficient (Wildman–Crippen LogP) is 2.87. The standard InChI is InChI=1S/C19H26ClN5O2/c1-3-21-19(25(2)12-14-9-11-26-13-14)22-10-8-17-23-18(24-27-17)15-4-6-16(20)7-5-15/h4-7,14H,3,8-13H2,1-2H3,(H,21,22). The van der Waals surface area contributed by atoms with Crippen LogP contribution in [0.3, 0.4) is 0 Å². The molecule has 1 aliphatic rings. The summed E-state index contributed by atoms with van der Waals surface area (Å²) in [4.78, 5) is 11.3. The van der Waals surface area contributed by atoms with Crippen LogP contribution in [0.1, 0.15) is 19.2 Å². The third-order valence-corrected chi connectivity index (χ3v) is 4.66. The van der Waals surface area contributed by atoms with Crippen molar-refractivity contribution in [3.8, 4) is 11.4 Å². The van der Waals surface area contributed by atoms with Gasteiger partial charge in [-0.15, -0.1) is 0 Å². The number of halogens is 1. The molecule has 0 amide bonds. The Hall–Kier alpha value is -2.12. The summed E-state index contributed by atoms with van der Waals surface area (Å²) in [5.74, 6) is 2.60. The molecule has 1 unspecified atom stereocenters. The number of guanidine groups is 1. The smallest absolute Gasteiger partial charge is 0.228 e. The van der Waals surface area contributed by atoms with Gasteiger partial charge in [-0.2, -0.15) is 4.98 Å². The summed E-state index contributed by atoms with van der Waals surface area (Å²) in [7, 11) is 2.06. The van der Waals surface area contributed by atoms with Crippen LogP contribution in [0, 0.1) is 5.92 Å². The Morgan fingerprint density at radius 3 is 2.89 bits per heavy atom. The largest absolute Gasteiger partial charge is 0.381 e. The Labute approximate surface area is 164 Å². The van der Waals surface area contributed by atoms with Crippen LogP contribution in [0.15, 0.2) is 33.8 Å². The molecule has 1 atom stereocenters. The van der Waals surface area contributed by atoms with E-state index in [2.05, 4.69) is 39.3 Å². The highest BCUT2D eigenvalue weighted by Gasteiger charge is 2.19. The first-order chi connectivity index (χ1) is 13.2. The quantitative estimate of drug-likeness (QED) is 0.577. The number of aliphatic imine (C=N–C) groups is 1. The molecule has 1 aromatic carbocycles. The van der Waals surface area contributed by atoms with E-state index in [-0.39, 0.29) is 0 Å². The summed E-state index contributed by atoms with van der Waals surface area (Å²) in [6, 6.07) is 7.37. The fourth-order valence-corrected chi connectivity index (χ4v) is 3.13. The molecule has 146 valence electrons. The molecule has 8 heteroatoms. The van der Waals surface area contributed by atoms with E-state index in [9.17, 15) is 0 Å². The molecule has 1 saturated heterocycles. The lowest BCUT2D eigenvalue weighted by Crippen LogP contribution is -2.41. The molecule has 7 nitrogen and oxygen atoms in total. The van der Waals surface area contributed by atoms with E-state index < -0.39 is 0 Å². The first kappa shape index (κ1) is 19.6. The Morgan fingerprint density at radius 1 is 1.37 bits per heavy atom. The molecule has 2 heterocycles. The fourth-order valence-electron chi connectivity index (χ4n) is 3.00. The molecule has 1 aromatic heterocycles. The number of rotatable bonds is 7. The molecule has 1 N–H and O–H groups in total. The molecule has 1 aliphatic heterocycles. The van der Waals surface area contributed by atoms with Crippen molar-refractivity contribution in [2.24, 2.45) is 10.9 Å². The van der Waals surface area contributed by atoms with E-state index >= 15 is 0 Å². The highest BCUT2D eigenvalue weighted by molar-refractivity contribution is 6.30. The predicted molar refractivity (Wildman–Crippen MR) is 106 cm³/mol. The van der Waals surface area contributed by atoms with Crippen molar-refractivity contribution in [3.63, 3.8) is 0 Å². The van der Waals surface area contributed by atoms with Gasteiger partial charge in [-0.3, -0.25) is 4.99 Å². The molecule has 3 rings (SSSR count). The molecule has 2 aromatic rings. The van der Waals surface area contributed by atoms with Gasteiger partial charge in [0.15, 0.2) is 5.96 Å². The highest BCUT2D eigenvalue weighted by Crippen LogP contribution is 2.18. The maximum atomic E-state index is 5.91. The highest BCUT2D eigenvalue weighted by atomic mass is 35.5. The monoisotopic (exact) mass is 391 g/mol. The van der Waals surface area contributed by atoms with E-state index in [1.54, 1.807) is 0 Å². The summed E-state index contributed by atoms with van der Waals surface area (Å²) in [5, 5.41) is 8.05. The Balaban J connectivity index is 1.56. The van der Waals surface area contributed by atoms with Crippen molar-refractivity contribution in [2.45, 2.75) is 19.8 Å². The lowest BCUT2D eigenvalue weighted by atomic mass is 10.1. The Morgan fingerprint density at radius 2 is 2.19 bits per heavy atom. The Bertz CT molecular complexity index is 741. The molecular formula is C19H26ClN5O2. The molecular weight excluding hydrogens is 366 g/mol. The number of hydrogen-bond donors (Lipinski definition) is 1. The van der Waals surface area contributed by atoms with E-state index in [1.807, 2.05) is 24.3 Å². The minimum absolute atomic E-state index is 0.566. The van der Waals surface area contributed by atoms with Gasteiger partial charge in [0.2, 0.25) is 11.7 Å². The third kappa shape index (κ3) is 5.68. The molecule has 0 radical (unpaired) electrons. The second-order valence-corrected chi connectivity index (χ2v) is 7.05. The van der Waals surface area contributed by atoms with Crippen LogP contribution in [0.25, 0.3) is 11.4 Å². The SMILES string of the molecule is CCNC(=NCCc1nc(-c2ccc(Cl)cc2)no1)N(C)CC1CCOC1. The Kier molecular flexibility index (Phi) is 7.06. The van der Waals surface area contributed by atoms with E-state index in [0.717, 1.165) is 44.2 Å². The summed E-state index contributed by atoms with van der Waals surface area (Å²) < 4.78 is 10.8. The van der Waals surface area contributed by atoms with Crippen LogP contribution < -0.4 is 5.32 Å². The average molecular weight is 392 g/mol. The first-order valence-electron chi connectivity index (χ1n) is 9.31. The van der Waals surface area contributed by atoms with Gasteiger partial charge < -0.3 is 19.5 Å². The minimum Gasteiger partial charge on any atom is -0.381 e. The molecule has 0 bridgehead atoms. The topological polar surface area (TPSA) is 75.8 Å². The summed E-state index contributed by atoms with van der Waals surface area (Å²) in [5.41, 5.74) is 0.879. The zero-order chi connectivity index (χ0) is 19.1. The number of aromatic nitrogens is 2. The summed E-state index contributed by atoms with van der Waals surface area (Å²) >= 11 is 5.91. The second-order valence-electron chi connectivity index (χ2n) is 6.61. The maximum absolute atomic E-state index is 5.91. The van der Waals surface area contributed by atoms with Gasteiger partial charge in [-0.1, -0.05) is 16.8 Å². The number of hydrogen-bond acceptors (Lipinski definition) is 5. The fraction of sp³-hybridized carbons (Fsp3) is 0.526. The van der Waals surface area contributed by atoms with Gasteiger partial charge in [0.25, 0.3) is 0 Å². The first-order valence-corrected chi connectivity index (χ1v) is 9.69.